The van der Waals surface area contributed by atoms with Crippen molar-refractivity contribution in [2.75, 3.05) is 37.6 Å². The molecule has 166 valence electrons. The Balaban J connectivity index is 1.20. The Labute approximate surface area is 193 Å². The van der Waals surface area contributed by atoms with Crippen LogP contribution >= 0.6 is 11.6 Å². The number of benzene rings is 2. The molecule has 0 spiro atoms. The highest BCUT2D eigenvalue weighted by molar-refractivity contribution is 6.30. The molecule has 2 aliphatic heterocycles. The lowest BCUT2D eigenvalue weighted by Crippen LogP contribution is -2.52. The monoisotopic (exact) mass is 450 g/mol. The molecule has 2 saturated heterocycles. The van der Waals surface area contributed by atoms with Gasteiger partial charge in [-0.1, -0.05) is 23.7 Å². The number of piperazine rings is 1. The zero-order chi connectivity index (χ0) is 22.1. The molecule has 0 aliphatic carbocycles. The molecule has 1 aromatic heterocycles. The Hall–Kier alpha value is -2.99. The summed E-state index contributed by atoms with van der Waals surface area (Å²) in [6, 6.07) is 16.5. The molecule has 2 aromatic carbocycles. The first-order valence-electron chi connectivity index (χ1n) is 11.2. The molecular weight excluding hydrogens is 424 g/mol. The zero-order valence-corrected chi connectivity index (χ0v) is 19.0. The van der Waals surface area contributed by atoms with E-state index in [9.17, 15) is 4.79 Å². The number of nitrogens with zero attached hydrogens (tertiary/aromatic N) is 4. The number of carbonyl (C=O) groups is 1. The summed E-state index contributed by atoms with van der Waals surface area (Å²) in [6.45, 7) is 5.77. The van der Waals surface area contributed by atoms with Gasteiger partial charge < -0.3 is 19.1 Å². The van der Waals surface area contributed by atoms with Gasteiger partial charge in [0.25, 0.3) is 0 Å². The number of hydrogen-bond acceptors (Lipinski definition) is 4. The molecule has 2 amide bonds. The van der Waals surface area contributed by atoms with E-state index < -0.39 is 0 Å². The van der Waals surface area contributed by atoms with Crippen molar-refractivity contribution in [2.24, 2.45) is 0 Å². The third-order valence-electron chi connectivity index (χ3n) is 6.44. The number of aromatic nitrogens is 1. The lowest BCUT2D eigenvalue weighted by atomic mass is 10.0. The van der Waals surface area contributed by atoms with Crippen LogP contribution in [-0.2, 0) is 0 Å². The van der Waals surface area contributed by atoms with Crippen molar-refractivity contribution in [3.63, 3.8) is 0 Å². The van der Waals surface area contributed by atoms with Crippen LogP contribution in [0.1, 0.15) is 30.3 Å². The van der Waals surface area contributed by atoms with E-state index in [4.69, 9.17) is 16.0 Å². The van der Waals surface area contributed by atoms with Gasteiger partial charge in [0.1, 0.15) is 0 Å². The van der Waals surface area contributed by atoms with Crippen LogP contribution in [0.5, 0.6) is 0 Å². The van der Waals surface area contributed by atoms with Gasteiger partial charge in [0.15, 0.2) is 11.7 Å². The van der Waals surface area contributed by atoms with Gasteiger partial charge in [-0.15, -0.1) is 0 Å². The summed E-state index contributed by atoms with van der Waals surface area (Å²) in [5.74, 6) is 1.45. The van der Waals surface area contributed by atoms with Gasteiger partial charge >= 0.3 is 6.03 Å². The molecule has 0 N–H and O–H groups in total. The normalized spacial score (nSPS) is 18.9. The number of amides is 2. The highest BCUT2D eigenvalue weighted by Gasteiger charge is 2.34. The molecular formula is C25H27ClN4O2. The summed E-state index contributed by atoms with van der Waals surface area (Å²) >= 11 is 6.04. The molecule has 0 saturated carbocycles. The van der Waals surface area contributed by atoms with Crippen LogP contribution in [0.2, 0.25) is 5.02 Å². The standard InChI is InChI=1S/C25H27ClN4O2/c1-18-27-17-24(32-18)20-6-10-22(11-7-20)28-13-15-29(16-14-28)25(31)30-12-2-3-23(30)19-4-8-21(26)9-5-19/h4-11,17,23H,2-3,12-16H2,1H3. The quantitative estimate of drug-likeness (QED) is 0.537. The van der Waals surface area contributed by atoms with Crippen molar-refractivity contribution < 1.29 is 9.21 Å². The average molecular weight is 451 g/mol. The number of halogens is 1. The maximum Gasteiger partial charge on any atom is 0.320 e. The van der Waals surface area contributed by atoms with E-state index in [1.807, 2.05) is 41.0 Å². The number of carbonyl (C=O) groups excluding carboxylic acids is 1. The minimum absolute atomic E-state index is 0.144. The van der Waals surface area contributed by atoms with Gasteiger partial charge in [0.2, 0.25) is 0 Å². The second-order valence-corrected chi connectivity index (χ2v) is 8.89. The zero-order valence-electron chi connectivity index (χ0n) is 18.2. The predicted molar refractivity (Wildman–Crippen MR) is 126 cm³/mol. The smallest absolute Gasteiger partial charge is 0.320 e. The van der Waals surface area contributed by atoms with E-state index in [0.717, 1.165) is 67.6 Å². The summed E-state index contributed by atoms with van der Waals surface area (Å²) in [7, 11) is 0. The topological polar surface area (TPSA) is 52.8 Å². The number of likely N-dealkylation sites (tertiary alicyclic amines) is 1. The van der Waals surface area contributed by atoms with E-state index in [2.05, 4.69) is 34.1 Å². The van der Waals surface area contributed by atoms with Crippen LogP contribution in [0.25, 0.3) is 11.3 Å². The Bertz CT molecular complexity index is 1070. The highest BCUT2D eigenvalue weighted by Crippen LogP contribution is 2.33. The predicted octanol–water partition coefficient (Wildman–Crippen LogP) is 5.38. The molecule has 5 rings (SSSR count). The molecule has 1 unspecified atom stereocenters. The number of anilines is 1. The number of oxazole rings is 1. The van der Waals surface area contributed by atoms with Crippen LogP contribution in [-0.4, -0.2) is 53.5 Å². The Morgan fingerprint density at radius 1 is 1.00 bits per heavy atom. The third-order valence-corrected chi connectivity index (χ3v) is 6.69. The third kappa shape index (κ3) is 4.19. The maximum absolute atomic E-state index is 13.3. The first kappa shape index (κ1) is 20.9. The van der Waals surface area contributed by atoms with Gasteiger partial charge in [-0.25, -0.2) is 9.78 Å². The van der Waals surface area contributed by atoms with Gasteiger partial charge in [-0.2, -0.15) is 0 Å². The van der Waals surface area contributed by atoms with Gasteiger partial charge in [-0.05, 0) is 54.8 Å². The van der Waals surface area contributed by atoms with Crippen LogP contribution in [0, 0.1) is 6.92 Å². The van der Waals surface area contributed by atoms with Crippen molar-refractivity contribution in [3.05, 3.63) is 71.2 Å². The second-order valence-electron chi connectivity index (χ2n) is 8.45. The molecule has 0 bridgehead atoms. The first-order valence-corrected chi connectivity index (χ1v) is 11.5. The summed E-state index contributed by atoms with van der Waals surface area (Å²) in [5.41, 5.74) is 3.35. The van der Waals surface area contributed by atoms with Gasteiger partial charge in [0.05, 0.1) is 12.2 Å². The van der Waals surface area contributed by atoms with E-state index in [1.165, 1.54) is 5.56 Å². The van der Waals surface area contributed by atoms with Crippen LogP contribution in [0.4, 0.5) is 10.5 Å². The summed E-state index contributed by atoms with van der Waals surface area (Å²) < 4.78 is 5.61. The molecule has 2 fully saturated rings. The summed E-state index contributed by atoms with van der Waals surface area (Å²) in [5, 5.41) is 0.727. The second kappa shape index (κ2) is 8.87. The fraction of sp³-hybridized carbons (Fsp3) is 0.360. The Kier molecular flexibility index (Phi) is 5.79. The maximum atomic E-state index is 13.3. The largest absolute Gasteiger partial charge is 0.441 e. The van der Waals surface area contributed by atoms with Crippen molar-refractivity contribution in [1.29, 1.82) is 0 Å². The Morgan fingerprint density at radius 2 is 1.72 bits per heavy atom. The van der Waals surface area contributed by atoms with Crippen molar-refractivity contribution >= 4 is 23.3 Å². The molecule has 3 aromatic rings. The molecule has 6 nitrogen and oxygen atoms in total. The van der Waals surface area contributed by atoms with E-state index in [0.29, 0.717) is 5.89 Å². The molecule has 0 radical (unpaired) electrons. The molecule has 1 atom stereocenters. The number of urea groups is 1. The van der Waals surface area contributed by atoms with Crippen molar-refractivity contribution in [3.8, 4) is 11.3 Å². The fourth-order valence-corrected chi connectivity index (χ4v) is 4.82. The minimum atomic E-state index is 0.144. The molecule has 2 aliphatic rings. The van der Waals surface area contributed by atoms with Crippen LogP contribution in [0.3, 0.4) is 0 Å². The van der Waals surface area contributed by atoms with Crippen molar-refractivity contribution in [2.45, 2.75) is 25.8 Å². The number of aryl methyl sites for hydroxylation is 1. The summed E-state index contributed by atoms with van der Waals surface area (Å²) in [6.07, 6.45) is 3.80. The molecule has 7 heteroatoms. The van der Waals surface area contributed by atoms with Gasteiger partial charge in [-0.3, -0.25) is 0 Å². The van der Waals surface area contributed by atoms with E-state index in [1.54, 1.807) is 6.20 Å². The SMILES string of the molecule is Cc1ncc(-c2ccc(N3CCN(C(=O)N4CCCC4c4ccc(Cl)cc4)CC3)cc2)o1. The lowest BCUT2D eigenvalue weighted by Gasteiger charge is -2.39. The van der Waals surface area contributed by atoms with Crippen molar-refractivity contribution in [1.82, 2.24) is 14.8 Å². The van der Waals surface area contributed by atoms with Crippen LogP contribution < -0.4 is 4.90 Å². The van der Waals surface area contributed by atoms with E-state index in [-0.39, 0.29) is 12.1 Å². The number of hydrogen-bond donors (Lipinski definition) is 0. The highest BCUT2D eigenvalue weighted by atomic mass is 35.5. The first-order chi connectivity index (χ1) is 15.6. The molecule has 32 heavy (non-hydrogen) atoms. The van der Waals surface area contributed by atoms with Gasteiger partial charge in [0, 0.05) is 55.9 Å². The average Bonchev–Trinajstić information content (AvgIpc) is 3.49. The summed E-state index contributed by atoms with van der Waals surface area (Å²) in [4.78, 5) is 23.8. The fourth-order valence-electron chi connectivity index (χ4n) is 4.70. The van der Waals surface area contributed by atoms with E-state index >= 15 is 0 Å². The van der Waals surface area contributed by atoms with Crippen LogP contribution in [0.15, 0.2) is 59.1 Å². The Morgan fingerprint density at radius 3 is 2.38 bits per heavy atom. The minimum Gasteiger partial charge on any atom is -0.441 e. The lowest BCUT2D eigenvalue weighted by molar-refractivity contribution is 0.145. The number of rotatable bonds is 3. The molecule has 3 heterocycles.